The first-order valence-corrected chi connectivity index (χ1v) is 7.75. The Morgan fingerprint density at radius 2 is 1.95 bits per heavy atom. The van der Waals surface area contributed by atoms with Crippen molar-refractivity contribution in [2.24, 2.45) is 5.92 Å². The Balaban J connectivity index is 1.58. The van der Waals surface area contributed by atoms with Crippen molar-refractivity contribution in [3.63, 3.8) is 0 Å². The van der Waals surface area contributed by atoms with Crippen LogP contribution in [0.25, 0.3) is 0 Å². The maximum Gasteiger partial charge on any atom is 0.131 e. The van der Waals surface area contributed by atoms with Gasteiger partial charge >= 0.3 is 0 Å². The van der Waals surface area contributed by atoms with Crippen LogP contribution >= 0.6 is 11.3 Å². The van der Waals surface area contributed by atoms with Crippen LogP contribution in [0.15, 0.2) is 12.4 Å². The molecule has 0 spiro atoms. The first kappa shape index (κ1) is 13.3. The molecule has 1 aliphatic rings. The molecule has 1 aliphatic carbocycles. The second-order valence-electron chi connectivity index (χ2n) is 5.20. The molecule has 0 aromatic carbocycles. The minimum absolute atomic E-state index is 0.704. The van der Waals surface area contributed by atoms with Gasteiger partial charge in [-0.1, -0.05) is 0 Å². The molecular weight excluding hydrogens is 270 g/mol. The van der Waals surface area contributed by atoms with Crippen molar-refractivity contribution in [2.75, 3.05) is 17.2 Å². The van der Waals surface area contributed by atoms with Gasteiger partial charge in [0.2, 0.25) is 0 Å². The molecule has 20 heavy (non-hydrogen) atoms. The molecule has 0 radical (unpaired) electrons. The third-order valence-electron chi connectivity index (χ3n) is 3.37. The highest BCUT2D eigenvalue weighted by molar-refractivity contribution is 7.11. The molecule has 1 fully saturated rings. The third kappa shape index (κ3) is 3.45. The van der Waals surface area contributed by atoms with Crippen molar-refractivity contribution in [2.45, 2.75) is 33.2 Å². The molecule has 2 heterocycles. The summed E-state index contributed by atoms with van der Waals surface area (Å²) in [6.45, 7) is 5.85. The molecule has 0 saturated heterocycles. The molecule has 2 N–H and O–H groups in total. The van der Waals surface area contributed by atoms with E-state index in [0.717, 1.165) is 34.8 Å². The van der Waals surface area contributed by atoms with Crippen molar-refractivity contribution < 1.29 is 0 Å². The van der Waals surface area contributed by atoms with Crippen molar-refractivity contribution >= 4 is 23.0 Å². The number of aryl methyl sites for hydroxylation is 2. The van der Waals surface area contributed by atoms with Crippen LogP contribution in [0.5, 0.6) is 0 Å². The fourth-order valence-corrected chi connectivity index (χ4v) is 2.87. The second-order valence-corrected chi connectivity index (χ2v) is 6.61. The predicted molar refractivity (Wildman–Crippen MR) is 82.2 cm³/mol. The highest BCUT2D eigenvalue weighted by Gasteiger charge is 2.20. The van der Waals surface area contributed by atoms with Gasteiger partial charge < -0.3 is 10.6 Å². The van der Waals surface area contributed by atoms with Gasteiger partial charge in [-0.05, 0) is 32.6 Å². The van der Waals surface area contributed by atoms with Crippen LogP contribution in [0.3, 0.4) is 0 Å². The minimum Gasteiger partial charge on any atom is -0.370 e. The fraction of sp³-hybridized carbons (Fsp3) is 0.500. The number of rotatable bonds is 6. The number of thiazole rings is 1. The van der Waals surface area contributed by atoms with E-state index in [1.807, 2.05) is 13.0 Å². The summed E-state index contributed by atoms with van der Waals surface area (Å²) in [5, 5.41) is 7.77. The normalized spacial score (nSPS) is 14.3. The van der Waals surface area contributed by atoms with E-state index in [9.17, 15) is 0 Å². The molecule has 0 amide bonds. The van der Waals surface area contributed by atoms with Gasteiger partial charge in [0.1, 0.15) is 18.0 Å². The third-order valence-corrected chi connectivity index (χ3v) is 4.30. The van der Waals surface area contributed by atoms with E-state index >= 15 is 0 Å². The Hall–Kier alpha value is -1.69. The summed E-state index contributed by atoms with van der Waals surface area (Å²) >= 11 is 1.73. The second kappa shape index (κ2) is 5.75. The van der Waals surface area contributed by atoms with Gasteiger partial charge in [-0.15, -0.1) is 11.3 Å². The van der Waals surface area contributed by atoms with Gasteiger partial charge in [0.15, 0.2) is 0 Å². The number of aromatic nitrogens is 3. The average molecular weight is 289 g/mol. The lowest BCUT2D eigenvalue weighted by atomic mass is 10.3. The average Bonchev–Trinajstić information content (AvgIpc) is 3.20. The number of hydrogen-bond donors (Lipinski definition) is 2. The summed E-state index contributed by atoms with van der Waals surface area (Å²) in [4.78, 5) is 14.3. The summed E-state index contributed by atoms with van der Waals surface area (Å²) in [6, 6.07) is 1.96. The Kier molecular flexibility index (Phi) is 3.82. The molecule has 0 unspecified atom stereocenters. The van der Waals surface area contributed by atoms with Gasteiger partial charge in [-0.2, -0.15) is 0 Å². The SMILES string of the molecule is Cc1nc(CNc2cc(NCC3CC3)ncn2)c(C)s1. The molecule has 2 aromatic heterocycles. The predicted octanol–water partition coefficient (Wildman–Crippen LogP) is 2.98. The molecule has 106 valence electrons. The zero-order valence-corrected chi connectivity index (χ0v) is 12.6. The number of nitrogens with zero attached hydrogens (tertiary/aromatic N) is 3. The van der Waals surface area contributed by atoms with Crippen LogP contribution < -0.4 is 10.6 Å². The highest BCUT2D eigenvalue weighted by Crippen LogP contribution is 2.28. The Bertz CT molecular complexity index is 591. The van der Waals surface area contributed by atoms with E-state index in [0.29, 0.717) is 6.54 Å². The van der Waals surface area contributed by atoms with Crippen molar-refractivity contribution in [3.8, 4) is 0 Å². The number of nitrogens with one attached hydrogen (secondary N) is 2. The standard InChI is InChI=1S/C14H19N5S/c1-9-12(19-10(2)20-9)7-16-14-5-13(17-8-18-14)15-6-11-3-4-11/h5,8,11H,3-4,6-7H2,1-2H3,(H2,15,16,17,18). The number of anilines is 2. The van der Waals surface area contributed by atoms with E-state index in [1.165, 1.54) is 17.7 Å². The zero-order valence-electron chi connectivity index (χ0n) is 11.8. The van der Waals surface area contributed by atoms with Gasteiger partial charge in [-0.25, -0.2) is 15.0 Å². The first-order valence-electron chi connectivity index (χ1n) is 6.93. The maximum atomic E-state index is 4.51. The fourth-order valence-electron chi connectivity index (χ4n) is 2.03. The van der Waals surface area contributed by atoms with E-state index in [1.54, 1.807) is 17.7 Å². The molecule has 0 atom stereocenters. The Morgan fingerprint density at radius 1 is 1.20 bits per heavy atom. The number of hydrogen-bond acceptors (Lipinski definition) is 6. The Morgan fingerprint density at radius 3 is 2.60 bits per heavy atom. The summed E-state index contributed by atoms with van der Waals surface area (Å²) < 4.78 is 0. The largest absolute Gasteiger partial charge is 0.370 e. The van der Waals surface area contributed by atoms with Crippen LogP contribution in [0.2, 0.25) is 0 Å². The molecule has 5 nitrogen and oxygen atoms in total. The first-order chi connectivity index (χ1) is 9.70. The van der Waals surface area contributed by atoms with Gasteiger partial charge in [0, 0.05) is 17.5 Å². The van der Waals surface area contributed by atoms with E-state index < -0.39 is 0 Å². The maximum absolute atomic E-state index is 4.51. The van der Waals surface area contributed by atoms with E-state index in [2.05, 4.69) is 32.5 Å². The van der Waals surface area contributed by atoms with Crippen LogP contribution in [-0.2, 0) is 6.54 Å². The van der Waals surface area contributed by atoms with Crippen molar-refractivity contribution in [1.82, 2.24) is 15.0 Å². The summed E-state index contributed by atoms with van der Waals surface area (Å²) in [5.41, 5.74) is 1.10. The lowest BCUT2D eigenvalue weighted by Gasteiger charge is -2.07. The topological polar surface area (TPSA) is 62.7 Å². The molecule has 0 aliphatic heterocycles. The van der Waals surface area contributed by atoms with Crippen molar-refractivity contribution in [3.05, 3.63) is 28.0 Å². The lowest BCUT2D eigenvalue weighted by molar-refractivity contribution is 0.880. The molecular formula is C14H19N5S. The Labute approximate surface area is 122 Å². The zero-order chi connectivity index (χ0) is 13.9. The smallest absolute Gasteiger partial charge is 0.131 e. The summed E-state index contributed by atoms with van der Waals surface area (Å²) in [5.74, 6) is 2.56. The molecule has 2 aromatic rings. The van der Waals surface area contributed by atoms with E-state index in [-0.39, 0.29) is 0 Å². The highest BCUT2D eigenvalue weighted by atomic mass is 32.1. The van der Waals surface area contributed by atoms with Gasteiger partial charge in [0.05, 0.1) is 17.2 Å². The minimum atomic E-state index is 0.704. The van der Waals surface area contributed by atoms with Crippen LogP contribution in [0.4, 0.5) is 11.6 Å². The van der Waals surface area contributed by atoms with Crippen LogP contribution in [-0.4, -0.2) is 21.5 Å². The van der Waals surface area contributed by atoms with Gasteiger partial charge in [-0.3, -0.25) is 0 Å². The van der Waals surface area contributed by atoms with Crippen molar-refractivity contribution in [1.29, 1.82) is 0 Å². The van der Waals surface area contributed by atoms with E-state index in [4.69, 9.17) is 0 Å². The van der Waals surface area contributed by atoms with Gasteiger partial charge in [0.25, 0.3) is 0 Å². The molecule has 1 saturated carbocycles. The summed E-state index contributed by atoms with van der Waals surface area (Å²) in [6.07, 6.45) is 4.27. The summed E-state index contributed by atoms with van der Waals surface area (Å²) in [7, 11) is 0. The molecule has 3 rings (SSSR count). The monoisotopic (exact) mass is 289 g/mol. The quantitative estimate of drug-likeness (QED) is 0.856. The van der Waals surface area contributed by atoms with Crippen LogP contribution in [0.1, 0.15) is 28.4 Å². The van der Waals surface area contributed by atoms with Crippen LogP contribution in [0, 0.1) is 19.8 Å². The molecule has 0 bridgehead atoms. The lowest BCUT2D eigenvalue weighted by Crippen LogP contribution is -2.07. The molecule has 6 heteroatoms.